The van der Waals surface area contributed by atoms with Crippen molar-refractivity contribution in [1.82, 2.24) is 10.3 Å². The zero-order valence-electron chi connectivity index (χ0n) is 13.5. The van der Waals surface area contributed by atoms with E-state index in [1.807, 2.05) is 11.7 Å². The van der Waals surface area contributed by atoms with Crippen LogP contribution in [0, 0.1) is 12.8 Å². The second-order valence-corrected chi connectivity index (χ2v) is 7.77. The number of hydrogen-bond donors (Lipinski definition) is 1. The lowest BCUT2D eigenvalue weighted by Crippen LogP contribution is -2.40. The van der Waals surface area contributed by atoms with Gasteiger partial charge in [0.1, 0.15) is 0 Å². The van der Waals surface area contributed by atoms with Gasteiger partial charge >= 0.3 is 0 Å². The molecule has 1 heterocycles. The standard InChI is InChI=1S/C18H26N2S/c1-14-7-5-6-8-16(14)9-15(11-20-18(2,3)4)10-17-12-19-13-21-17/h5-8,12-13,15,20H,9-11H2,1-4H3. The van der Waals surface area contributed by atoms with Gasteiger partial charge in [-0.05, 0) is 64.1 Å². The molecule has 1 atom stereocenters. The second-order valence-electron chi connectivity index (χ2n) is 6.80. The predicted octanol–water partition coefficient (Wildman–Crippen LogP) is 4.24. The number of nitrogens with one attached hydrogen (secondary N) is 1. The van der Waals surface area contributed by atoms with E-state index in [9.17, 15) is 0 Å². The summed E-state index contributed by atoms with van der Waals surface area (Å²) >= 11 is 1.76. The summed E-state index contributed by atoms with van der Waals surface area (Å²) in [6.07, 6.45) is 4.22. The molecule has 0 bridgehead atoms. The molecule has 1 unspecified atom stereocenters. The number of aryl methyl sites for hydroxylation is 1. The van der Waals surface area contributed by atoms with E-state index in [2.05, 4.69) is 62.3 Å². The van der Waals surface area contributed by atoms with Crippen LogP contribution in [0.1, 0.15) is 36.8 Å². The molecule has 1 aromatic carbocycles. The largest absolute Gasteiger partial charge is 0.312 e. The summed E-state index contributed by atoms with van der Waals surface area (Å²) < 4.78 is 0. The molecule has 1 N–H and O–H groups in total. The molecule has 0 aliphatic rings. The summed E-state index contributed by atoms with van der Waals surface area (Å²) in [5.41, 5.74) is 4.94. The molecule has 0 fully saturated rings. The van der Waals surface area contributed by atoms with Gasteiger partial charge < -0.3 is 5.32 Å². The summed E-state index contributed by atoms with van der Waals surface area (Å²) in [5.74, 6) is 0.603. The number of aromatic nitrogens is 1. The molecule has 1 aromatic heterocycles. The maximum absolute atomic E-state index is 4.21. The molecule has 2 nitrogen and oxygen atoms in total. The van der Waals surface area contributed by atoms with Gasteiger partial charge in [0.25, 0.3) is 0 Å². The van der Waals surface area contributed by atoms with Gasteiger partial charge in [0.05, 0.1) is 5.51 Å². The highest BCUT2D eigenvalue weighted by atomic mass is 32.1. The first-order chi connectivity index (χ1) is 9.94. The summed E-state index contributed by atoms with van der Waals surface area (Å²) in [5, 5.41) is 3.66. The normalized spacial score (nSPS) is 13.3. The van der Waals surface area contributed by atoms with Gasteiger partial charge in [0, 0.05) is 16.6 Å². The first-order valence-corrected chi connectivity index (χ1v) is 8.49. The molecule has 0 saturated carbocycles. The average molecular weight is 302 g/mol. The van der Waals surface area contributed by atoms with Gasteiger partial charge in [-0.2, -0.15) is 0 Å². The predicted molar refractivity (Wildman–Crippen MR) is 91.9 cm³/mol. The number of benzene rings is 1. The quantitative estimate of drug-likeness (QED) is 0.863. The maximum Gasteiger partial charge on any atom is 0.0794 e. The van der Waals surface area contributed by atoms with Crippen LogP contribution >= 0.6 is 11.3 Å². The van der Waals surface area contributed by atoms with E-state index in [1.54, 1.807) is 11.3 Å². The van der Waals surface area contributed by atoms with E-state index in [0.29, 0.717) is 5.92 Å². The third kappa shape index (κ3) is 5.60. The van der Waals surface area contributed by atoms with Crippen LogP contribution in [0.15, 0.2) is 36.0 Å². The number of rotatable bonds is 6. The van der Waals surface area contributed by atoms with Crippen molar-refractivity contribution in [1.29, 1.82) is 0 Å². The number of thiazole rings is 1. The van der Waals surface area contributed by atoms with Crippen molar-refractivity contribution in [2.75, 3.05) is 6.54 Å². The van der Waals surface area contributed by atoms with E-state index in [4.69, 9.17) is 0 Å². The average Bonchev–Trinajstić information content (AvgIpc) is 2.90. The van der Waals surface area contributed by atoms with Crippen LogP contribution in [0.5, 0.6) is 0 Å². The monoisotopic (exact) mass is 302 g/mol. The Labute approximate surface area is 132 Å². The highest BCUT2D eigenvalue weighted by molar-refractivity contribution is 7.09. The van der Waals surface area contributed by atoms with Gasteiger partial charge in [-0.1, -0.05) is 24.3 Å². The molecule has 0 radical (unpaired) electrons. The Morgan fingerprint density at radius 2 is 1.95 bits per heavy atom. The van der Waals surface area contributed by atoms with E-state index in [0.717, 1.165) is 19.4 Å². The molecule has 0 aliphatic carbocycles. The van der Waals surface area contributed by atoms with Gasteiger partial charge in [0.2, 0.25) is 0 Å². The lowest BCUT2D eigenvalue weighted by Gasteiger charge is -2.25. The fraction of sp³-hybridized carbons (Fsp3) is 0.500. The smallest absolute Gasteiger partial charge is 0.0794 e. The van der Waals surface area contributed by atoms with Gasteiger partial charge in [-0.15, -0.1) is 11.3 Å². The van der Waals surface area contributed by atoms with Gasteiger partial charge in [-0.25, -0.2) is 0 Å². The molecule has 0 aliphatic heterocycles. The molecule has 0 saturated heterocycles. The molecule has 2 aromatic rings. The third-order valence-corrected chi connectivity index (χ3v) is 4.47. The Balaban J connectivity index is 2.06. The Kier molecular flexibility index (Phi) is 5.54. The maximum atomic E-state index is 4.21. The van der Waals surface area contributed by atoms with Crippen molar-refractivity contribution in [3.63, 3.8) is 0 Å². The van der Waals surface area contributed by atoms with Crippen LogP contribution in [0.4, 0.5) is 0 Å². The zero-order valence-corrected chi connectivity index (χ0v) is 14.3. The van der Waals surface area contributed by atoms with Crippen LogP contribution < -0.4 is 5.32 Å². The Bertz CT molecular complexity index is 541. The molecule has 0 amide bonds. The molecular weight excluding hydrogens is 276 g/mol. The zero-order chi connectivity index (χ0) is 15.3. The van der Waals surface area contributed by atoms with E-state index in [1.165, 1.54) is 16.0 Å². The second kappa shape index (κ2) is 7.19. The summed E-state index contributed by atoms with van der Waals surface area (Å²) in [4.78, 5) is 5.59. The van der Waals surface area contributed by atoms with E-state index < -0.39 is 0 Å². The molecule has 114 valence electrons. The highest BCUT2D eigenvalue weighted by Crippen LogP contribution is 2.19. The van der Waals surface area contributed by atoms with Crippen molar-refractivity contribution < 1.29 is 0 Å². The van der Waals surface area contributed by atoms with Crippen LogP contribution in [-0.2, 0) is 12.8 Å². The van der Waals surface area contributed by atoms with Crippen molar-refractivity contribution in [2.45, 2.75) is 46.1 Å². The number of hydrogen-bond acceptors (Lipinski definition) is 3. The Morgan fingerprint density at radius 1 is 1.19 bits per heavy atom. The van der Waals surface area contributed by atoms with Gasteiger partial charge in [0.15, 0.2) is 0 Å². The van der Waals surface area contributed by atoms with Gasteiger partial charge in [-0.3, -0.25) is 4.98 Å². The first kappa shape index (κ1) is 16.2. The van der Waals surface area contributed by atoms with Crippen molar-refractivity contribution >= 4 is 11.3 Å². The molecule has 3 heteroatoms. The summed E-state index contributed by atoms with van der Waals surface area (Å²) in [6, 6.07) is 8.72. The minimum atomic E-state index is 0.164. The highest BCUT2D eigenvalue weighted by Gasteiger charge is 2.16. The van der Waals surface area contributed by atoms with Crippen molar-refractivity contribution in [3.8, 4) is 0 Å². The van der Waals surface area contributed by atoms with E-state index >= 15 is 0 Å². The SMILES string of the molecule is Cc1ccccc1CC(CNC(C)(C)C)Cc1cncs1. The third-order valence-electron chi connectivity index (χ3n) is 3.66. The summed E-state index contributed by atoms with van der Waals surface area (Å²) in [6.45, 7) is 9.92. The fourth-order valence-corrected chi connectivity index (χ4v) is 3.16. The van der Waals surface area contributed by atoms with E-state index in [-0.39, 0.29) is 5.54 Å². The number of nitrogens with zero attached hydrogens (tertiary/aromatic N) is 1. The van der Waals surface area contributed by atoms with Crippen LogP contribution in [0.2, 0.25) is 0 Å². The molecular formula is C18H26N2S. The Hall–Kier alpha value is -1.19. The molecule has 21 heavy (non-hydrogen) atoms. The van der Waals surface area contributed by atoms with Crippen LogP contribution in [0.25, 0.3) is 0 Å². The fourth-order valence-electron chi connectivity index (χ4n) is 2.44. The van der Waals surface area contributed by atoms with Crippen LogP contribution in [0.3, 0.4) is 0 Å². The minimum Gasteiger partial charge on any atom is -0.312 e. The first-order valence-electron chi connectivity index (χ1n) is 7.61. The minimum absolute atomic E-state index is 0.164. The molecule has 2 rings (SSSR count). The van der Waals surface area contributed by atoms with Crippen LogP contribution in [-0.4, -0.2) is 17.1 Å². The van der Waals surface area contributed by atoms with Crippen molar-refractivity contribution in [2.24, 2.45) is 5.92 Å². The van der Waals surface area contributed by atoms with Crippen molar-refractivity contribution in [3.05, 3.63) is 52.0 Å². The lowest BCUT2D eigenvalue weighted by molar-refractivity contribution is 0.367. The lowest BCUT2D eigenvalue weighted by atomic mass is 9.92. The summed E-state index contributed by atoms with van der Waals surface area (Å²) in [7, 11) is 0. The molecule has 0 spiro atoms. The Morgan fingerprint density at radius 3 is 2.57 bits per heavy atom. The topological polar surface area (TPSA) is 24.9 Å².